The first-order valence-corrected chi connectivity index (χ1v) is 6.98. The Morgan fingerprint density at radius 1 is 1.24 bits per heavy atom. The second-order valence-electron chi connectivity index (χ2n) is 4.78. The van der Waals surface area contributed by atoms with Gasteiger partial charge in [0.25, 0.3) is 5.91 Å². The molecule has 110 valence electrons. The molecule has 21 heavy (non-hydrogen) atoms. The van der Waals surface area contributed by atoms with Gasteiger partial charge < -0.3 is 16.2 Å². The molecule has 0 bridgehead atoms. The van der Waals surface area contributed by atoms with Crippen molar-refractivity contribution in [2.75, 3.05) is 12.3 Å². The fraction of sp³-hybridized carbons (Fsp3) is 0.188. The molecule has 2 rings (SSSR count). The monoisotopic (exact) mass is 304 g/mol. The molecule has 4 N–H and O–H groups in total. The van der Waals surface area contributed by atoms with E-state index in [0.29, 0.717) is 22.7 Å². The Morgan fingerprint density at radius 2 is 1.95 bits per heavy atom. The molecule has 4 nitrogen and oxygen atoms in total. The Balaban J connectivity index is 2.04. The lowest BCUT2D eigenvalue weighted by molar-refractivity contribution is 0.0916. The molecular formula is C16H17ClN2O2. The van der Waals surface area contributed by atoms with Crippen LogP contribution in [0.2, 0.25) is 5.02 Å². The fourth-order valence-corrected chi connectivity index (χ4v) is 2.18. The molecule has 0 heterocycles. The van der Waals surface area contributed by atoms with Crippen LogP contribution in [-0.4, -0.2) is 23.7 Å². The number of nitrogens with two attached hydrogens (primary N) is 1. The predicted molar refractivity (Wildman–Crippen MR) is 84.4 cm³/mol. The van der Waals surface area contributed by atoms with Crippen molar-refractivity contribution in [1.29, 1.82) is 0 Å². The van der Waals surface area contributed by atoms with E-state index in [9.17, 15) is 9.90 Å². The summed E-state index contributed by atoms with van der Waals surface area (Å²) in [6.07, 6.45) is 0.561. The SMILES string of the molecule is Nc1ccc(C(=O)N[C@@H](CO)Cc2ccccc2)cc1Cl. The van der Waals surface area contributed by atoms with E-state index in [1.54, 1.807) is 12.1 Å². The minimum Gasteiger partial charge on any atom is -0.398 e. The predicted octanol–water partition coefficient (Wildman–Crippen LogP) is 2.26. The Bertz CT molecular complexity index is 617. The van der Waals surface area contributed by atoms with Gasteiger partial charge in [0.15, 0.2) is 0 Å². The van der Waals surface area contributed by atoms with Gasteiger partial charge in [-0.15, -0.1) is 0 Å². The molecule has 0 aromatic heterocycles. The Hall–Kier alpha value is -2.04. The van der Waals surface area contributed by atoms with Crippen molar-refractivity contribution in [3.05, 3.63) is 64.7 Å². The first-order valence-electron chi connectivity index (χ1n) is 6.61. The number of hydrogen-bond donors (Lipinski definition) is 3. The van der Waals surface area contributed by atoms with E-state index in [2.05, 4.69) is 5.32 Å². The maximum absolute atomic E-state index is 12.1. The van der Waals surface area contributed by atoms with Gasteiger partial charge >= 0.3 is 0 Å². The molecule has 0 spiro atoms. The van der Waals surface area contributed by atoms with E-state index in [1.165, 1.54) is 6.07 Å². The van der Waals surface area contributed by atoms with Crippen molar-refractivity contribution in [3.8, 4) is 0 Å². The summed E-state index contributed by atoms with van der Waals surface area (Å²) in [6.45, 7) is -0.136. The number of halogens is 1. The number of aliphatic hydroxyl groups is 1. The summed E-state index contributed by atoms with van der Waals surface area (Å²) in [5.41, 5.74) is 7.51. The third kappa shape index (κ3) is 4.21. The average molecular weight is 305 g/mol. The Morgan fingerprint density at radius 3 is 2.57 bits per heavy atom. The number of aliphatic hydroxyl groups excluding tert-OH is 1. The lowest BCUT2D eigenvalue weighted by atomic mass is 10.1. The molecule has 0 saturated carbocycles. The second kappa shape index (κ2) is 7.11. The summed E-state index contributed by atoms with van der Waals surface area (Å²) in [7, 11) is 0. The zero-order chi connectivity index (χ0) is 15.2. The highest BCUT2D eigenvalue weighted by Crippen LogP contribution is 2.19. The van der Waals surface area contributed by atoms with Crippen molar-refractivity contribution in [2.45, 2.75) is 12.5 Å². The van der Waals surface area contributed by atoms with Crippen molar-refractivity contribution in [2.24, 2.45) is 0 Å². The number of anilines is 1. The number of hydrogen-bond acceptors (Lipinski definition) is 3. The van der Waals surface area contributed by atoms with Crippen molar-refractivity contribution in [1.82, 2.24) is 5.32 Å². The van der Waals surface area contributed by atoms with Gasteiger partial charge in [0.1, 0.15) is 0 Å². The lowest BCUT2D eigenvalue weighted by Crippen LogP contribution is -2.39. The number of amides is 1. The highest BCUT2D eigenvalue weighted by Gasteiger charge is 2.14. The van der Waals surface area contributed by atoms with Crippen molar-refractivity contribution < 1.29 is 9.90 Å². The van der Waals surface area contributed by atoms with E-state index < -0.39 is 0 Å². The van der Waals surface area contributed by atoms with Crippen LogP contribution in [0.15, 0.2) is 48.5 Å². The first-order chi connectivity index (χ1) is 10.1. The molecule has 0 aliphatic carbocycles. The number of nitrogens with one attached hydrogen (secondary N) is 1. The molecule has 0 aliphatic heterocycles. The summed E-state index contributed by atoms with van der Waals surface area (Å²) in [5, 5.41) is 12.5. The number of benzene rings is 2. The number of rotatable bonds is 5. The molecular weight excluding hydrogens is 288 g/mol. The molecule has 0 fully saturated rings. The summed E-state index contributed by atoms with van der Waals surface area (Å²) < 4.78 is 0. The quantitative estimate of drug-likeness (QED) is 0.742. The molecule has 0 radical (unpaired) electrons. The highest BCUT2D eigenvalue weighted by molar-refractivity contribution is 6.33. The van der Waals surface area contributed by atoms with E-state index in [4.69, 9.17) is 17.3 Å². The molecule has 2 aromatic carbocycles. The van der Waals surface area contributed by atoms with Gasteiger partial charge in [-0.2, -0.15) is 0 Å². The maximum atomic E-state index is 12.1. The smallest absolute Gasteiger partial charge is 0.251 e. The van der Waals surface area contributed by atoms with Crippen LogP contribution in [0.25, 0.3) is 0 Å². The van der Waals surface area contributed by atoms with Crippen LogP contribution >= 0.6 is 11.6 Å². The molecule has 2 aromatic rings. The standard InChI is InChI=1S/C16H17ClN2O2/c17-14-9-12(6-7-15(14)18)16(21)19-13(10-20)8-11-4-2-1-3-5-11/h1-7,9,13,20H,8,10,18H2,(H,19,21)/t13-/m1/s1. The van der Waals surface area contributed by atoms with E-state index in [-0.39, 0.29) is 18.6 Å². The van der Waals surface area contributed by atoms with Gasteiger partial charge in [0.05, 0.1) is 23.4 Å². The van der Waals surface area contributed by atoms with Gasteiger partial charge in [-0.05, 0) is 30.2 Å². The van der Waals surface area contributed by atoms with Gasteiger partial charge in [-0.3, -0.25) is 4.79 Å². The van der Waals surface area contributed by atoms with E-state index in [0.717, 1.165) is 5.56 Å². The minimum atomic E-state index is -0.351. The maximum Gasteiger partial charge on any atom is 0.251 e. The lowest BCUT2D eigenvalue weighted by Gasteiger charge is -2.16. The largest absolute Gasteiger partial charge is 0.398 e. The molecule has 1 amide bonds. The zero-order valence-electron chi connectivity index (χ0n) is 11.4. The molecule has 0 unspecified atom stereocenters. The number of carbonyl (C=O) groups is 1. The van der Waals surface area contributed by atoms with Crippen molar-refractivity contribution in [3.63, 3.8) is 0 Å². The van der Waals surface area contributed by atoms with Crippen molar-refractivity contribution >= 4 is 23.2 Å². The van der Waals surface area contributed by atoms with Gasteiger partial charge in [0.2, 0.25) is 0 Å². The molecule has 0 aliphatic rings. The molecule has 1 atom stereocenters. The molecule has 5 heteroatoms. The second-order valence-corrected chi connectivity index (χ2v) is 5.19. The summed E-state index contributed by atoms with van der Waals surface area (Å²) in [4.78, 5) is 12.1. The van der Waals surface area contributed by atoms with Crippen LogP contribution in [0.3, 0.4) is 0 Å². The summed E-state index contributed by atoms with van der Waals surface area (Å²) in [6, 6.07) is 14.0. The minimum absolute atomic E-state index is 0.136. The Labute approximate surface area is 128 Å². The summed E-state index contributed by atoms with van der Waals surface area (Å²) in [5.74, 6) is -0.285. The van der Waals surface area contributed by atoms with Gasteiger partial charge in [-0.25, -0.2) is 0 Å². The zero-order valence-corrected chi connectivity index (χ0v) is 12.2. The van der Waals surface area contributed by atoms with E-state index >= 15 is 0 Å². The van der Waals surface area contributed by atoms with Crippen LogP contribution in [0.1, 0.15) is 15.9 Å². The van der Waals surface area contributed by atoms with Gasteiger partial charge in [0, 0.05) is 5.56 Å². The van der Waals surface area contributed by atoms with Gasteiger partial charge in [-0.1, -0.05) is 41.9 Å². The summed E-state index contributed by atoms with van der Waals surface area (Å²) >= 11 is 5.90. The van der Waals surface area contributed by atoms with Crippen LogP contribution in [0, 0.1) is 0 Å². The molecule has 0 saturated heterocycles. The topological polar surface area (TPSA) is 75.4 Å². The normalized spacial score (nSPS) is 11.9. The Kier molecular flexibility index (Phi) is 5.20. The van der Waals surface area contributed by atoms with E-state index in [1.807, 2.05) is 30.3 Å². The van der Waals surface area contributed by atoms with Crippen LogP contribution in [0.4, 0.5) is 5.69 Å². The van der Waals surface area contributed by atoms with Crippen LogP contribution in [-0.2, 0) is 6.42 Å². The third-order valence-electron chi connectivity index (χ3n) is 3.14. The fourth-order valence-electron chi connectivity index (χ4n) is 2.00. The highest BCUT2D eigenvalue weighted by atomic mass is 35.5. The number of nitrogen functional groups attached to an aromatic ring is 1. The first kappa shape index (κ1) is 15.4. The third-order valence-corrected chi connectivity index (χ3v) is 3.47. The number of carbonyl (C=O) groups excluding carboxylic acids is 1. The van der Waals surface area contributed by atoms with Crippen LogP contribution in [0.5, 0.6) is 0 Å². The van der Waals surface area contributed by atoms with Crippen LogP contribution < -0.4 is 11.1 Å². The average Bonchev–Trinajstić information content (AvgIpc) is 2.50.